The first-order valence-corrected chi connectivity index (χ1v) is 6.77. The Hall–Kier alpha value is -1.22. The van der Waals surface area contributed by atoms with Crippen LogP contribution < -0.4 is 14.8 Å². The normalized spacial score (nSPS) is 12.5. The van der Waals surface area contributed by atoms with E-state index in [-0.39, 0.29) is 6.10 Å². The summed E-state index contributed by atoms with van der Waals surface area (Å²) in [6.45, 7) is 10.9. The minimum Gasteiger partial charge on any atom is -0.494 e. The molecular formula is C15H25NO2. The Morgan fingerprint density at radius 2 is 1.89 bits per heavy atom. The maximum atomic E-state index is 6.02. The van der Waals surface area contributed by atoms with Crippen LogP contribution >= 0.6 is 0 Å². The van der Waals surface area contributed by atoms with Gasteiger partial charge in [0.2, 0.25) is 0 Å². The number of benzene rings is 1. The summed E-state index contributed by atoms with van der Waals surface area (Å²) in [5.74, 6) is 2.21. The molecule has 102 valence electrons. The van der Waals surface area contributed by atoms with Crippen molar-refractivity contribution in [2.24, 2.45) is 5.92 Å². The molecule has 0 saturated heterocycles. The first-order chi connectivity index (χ1) is 8.67. The van der Waals surface area contributed by atoms with Crippen LogP contribution in [0.1, 0.15) is 27.7 Å². The molecular weight excluding hydrogens is 226 g/mol. The van der Waals surface area contributed by atoms with E-state index < -0.39 is 0 Å². The van der Waals surface area contributed by atoms with Crippen LogP contribution in [0.5, 0.6) is 11.5 Å². The summed E-state index contributed by atoms with van der Waals surface area (Å²) in [4.78, 5) is 0. The smallest absolute Gasteiger partial charge is 0.123 e. The van der Waals surface area contributed by atoms with Gasteiger partial charge in [-0.1, -0.05) is 26.8 Å². The molecule has 1 atom stereocenters. The minimum absolute atomic E-state index is 0.182. The van der Waals surface area contributed by atoms with Crippen molar-refractivity contribution in [3.05, 3.63) is 24.3 Å². The van der Waals surface area contributed by atoms with E-state index in [1.54, 1.807) is 0 Å². The molecule has 0 heterocycles. The Bertz CT molecular complexity index is 339. The van der Waals surface area contributed by atoms with Crippen LogP contribution in [0.15, 0.2) is 24.3 Å². The highest BCUT2D eigenvalue weighted by Gasteiger charge is 2.14. The predicted molar refractivity (Wildman–Crippen MR) is 75.4 cm³/mol. The molecule has 0 aliphatic carbocycles. The van der Waals surface area contributed by atoms with E-state index in [9.17, 15) is 0 Å². The second-order valence-electron chi connectivity index (χ2n) is 4.62. The lowest BCUT2D eigenvalue weighted by Crippen LogP contribution is -2.35. The Morgan fingerprint density at radius 3 is 2.50 bits per heavy atom. The topological polar surface area (TPSA) is 30.5 Å². The van der Waals surface area contributed by atoms with Crippen molar-refractivity contribution in [1.82, 2.24) is 5.32 Å². The molecule has 0 bridgehead atoms. The molecule has 0 amide bonds. The zero-order valence-electron chi connectivity index (χ0n) is 11.9. The Labute approximate surface area is 110 Å². The molecule has 1 rings (SSSR count). The lowest BCUT2D eigenvalue weighted by molar-refractivity contribution is 0.149. The van der Waals surface area contributed by atoms with E-state index in [0.717, 1.165) is 24.6 Å². The standard InChI is InChI=1S/C15H25NO2/c1-5-16-11-15(12(3)4)18-14-9-7-8-13(10-14)17-6-2/h7-10,12,15-16H,5-6,11H2,1-4H3. The first-order valence-electron chi connectivity index (χ1n) is 6.77. The second kappa shape index (κ2) is 7.98. The van der Waals surface area contributed by atoms with Gasteiger partial charge in [0, 0.05) is 12.6 Å². The van der Waals surface area contributed by atoms with Crippen LogP contribution in [0, 0.1) is 5.92 Å². The third kappa shape index (κ3) is 4.96. The van der Waals surface area contributed by atoms with Gasteiger partial charge in [-0.05, 0) is 31.5 Å². The summed E-state index contributed by atoms with van der Waals surface area (Å²) >= 11 is 0. The van der Waals surface area contributed by atoms with Gasteiger partial charge in [-0.15, -0.1) is 0 Å². The van der Waals surface area contributed by atoms with Crippen molar-refractivity contribution in [3.8, 4) is 11.5 Å². The molecule has 3 nitrogen and oxygen atoms in total. The lowest BCUT2D eigenvalue weighted by Gasteiger charge is -2.23. The average molecular weight is 251 g/mol. The van der Waals surface area contributed by atoms with Gasteiger partial charge in [-0.25, -0.2) is 0 Å². The molecule has 0 aliphatic heterocycles. The molecule has 0 aromatic heterocycles. The fraction of sp³-hybridized carbons (Fsp3) is 0.600. The fourth-order valence-corrected chi connectivity index (χ4v) is 1.68. The largest absolute Gasteiger partial charge is 0.494 e. The molecule has 1 N–H and O–H groups in total. The molecule has 0 spiro atoms. The molecule has 18 heavy (non-hydrogen) atoms. The summed E-state index contributed by atoms with van der Waals surface area (Å²) in [7, 11) is 0. The number of ether oxygens (including phenoxy) is 2. The summed E-state index contributed by atoms with van der Waals surface area (Å²) in [6.07, 6.45) is 0.182. The van der Waals surface area contributed by atoms with Gasteiger partial charge in [0.25, 0.3) is 0 Å². The zero-order chi connectivity index (χ0) is 13.4. The summed E-state index contributed by atoms with van der Waals surface area (Å²) in [6, 6.07) is 7.84. The van der Waals surface area contributed by atoms with Crippen LogP contribution in [0.25, 0.3) is 0 Å². The predicted octanol–water partition coefficient (Wildman–Crippen LogP) is 3.10. The van der Waals surface area contributed by atoms with E-state index in [2.05, 4.69) is 26.1 Å². The zero-order valence-corrected chi connectivity index (χ0v) is 11.9. The minimum atomic E-state index is 0.182. The molecule has 1 aromatic rings. The highest BCUT2D eigenvalue weighted by Crippen LogP contribution is 2.21. The molecule has 3 heteroatoms. The third-order valence-electron chi connectivity index (χ3n) is 2.74. The van der Waals surface area contributed by atoms with E-state index in [1.165, 1.54) is 0 Å². The van der Waals surface area contributed by atoms with Gasteiger partial charge < -0.3 is 14.8 Å². The summed E-state index contributed by atoms with van der Waals surface area (Å²) in [5, 5.41) is 3.33. The quantitative estimate of drug-likeness (QED) is 0.770. The van der Waals surface area contributed by atoms with Gasteiger partial charge in [-0.2, -0.15) is 0 Å². The van der Waals surface area contributed by atoms with Crippen molar-refractivity contribution in [2.45, 2.75) is 33.8 Å². The van der Waals surface area contributed by atoms with Crippen LogP contribution in [0.2, 0.25) is 0 Å². The lowest BCUT2D eigenvalue weighted by atomic mass is 10.1. The van der Waals surface area contributed by atoms with Gasteiger partial charge >= 0.3 is 0 Å². The van der Waals surface area contributed by atoms with Crippen LogP contribution in [-0.4, -0.2) is 25.8 Å². The van der Waals surface area contributed by atoms with Gasteiger partial charge in [0.1, 0.15) is 17.6 Å². The highest BCUT2D eigenvalue weighted by molar-refractivity contribution is 5.33. The van der Waals surface area contributed by atoms with Crippen LogP contribution in [-0.2, 0) is 0 Å². The van der Waals surface area contributed by atoms with Gasteiger partial charge in [0.05, 0.1) is 6.61 Å². The van der Waals surface area contributed by atoms with E-state index >= 15 is 0 Å². The molecule has 0 aliphatic rings. The number of hydrogen-bond donors (Lipinski definition) is 1. The van der Waals surface area contributed by atoms with Gasteiger partial charge in [0.15, 0.2) is 0 Å². The maximum Gasteiger partial charge on any atom is 0.123 e. The SMILES string of the molecule is CCNCC(Oc1cccc(OCC)c1)C(C)C. The fourth-order valence-electron chi connectivity index (χ4n) is 1.68. The maximum absolute atomic E-state index is 6.02. The Morgan fingerprint density at radius 1 is 1.17 bits per heavy atom. The van der Waals surface area contributed by atoms with Crippen LogP contribution in [0.3, 0.4) is 0 Å². The van der Waals surface area contributed by atoms with E-state index in [4.69, 9.17) is 9.47 Å². The Balaban J connectivity index is 2.64. The highest BCUT2D eigenvalue weighted by atomic mass is 16.5. The number of nitrogens with one attached hydrogen (secondary N) is 1. The van der Waals surface area contributed by atoms with Crippen molar-refractivity contribution in [2.75, 3.05) is 19.7 Å². The average Bonchev–Trinajstić information content (AvgIpc) is 2.35. The number of hydrogen-bond acceptors (Lipinski definition) is 3. The summed E-state index contributed by atoms with van der Waals surface area (Å²) < 4.78 is 11.5. The van der Waals surface area contributed by atoms with Crippen LogP contribution in [0.4, 0.5) is 0 Å². The van der Waals surface area contributed by atoms with Crippen molar-refractivity contribution < 1.29 is 9.47 Å². The second-order valence-corrected chi connectivity index (χ2v) is 4.62. The van der Waals surface area contributed by atoms with Gasteiger partial charge in [-0.3, -0.25) is 0 Å². The molecule has 0 radical (unpaired) electrons. The molecule has 1 aromatic carbocycles. The molecule has 0 fully saturated rings. The van der Waals surface area contributed by atoms with E-state index in [1.807, 2.05) is 31.2 Å². The monoisotopic (exact) mass is 251 g/mol. The number of rotatable bonds is 8. The Kier molecular flexibility index (Phi) is 6.58. The number of likely N-dealkylation sites (N-methyl/N-ethyl adjacent to an activating group) is 1. The third-order valence-corrected chi connectivity index (χ3v) is 2.74. The van der Waals surface area contributed by atoms with E-state index in [0.29, 0.717) is 12.5 Å². The summed E-state index contributed by atoms with van der Waals surface area (Å²) in [5.41, 5.74) is 0. The van der Waals surface area contributed by atoms with Crippen molar-refractivity contribution in [3.63, 3.8) is 0 Å². The molecule has 1 unspecified atom stereocenters. The molecule has 0 saturated carbocycles. The van der Waals surface area contributed by atoms with Crippen molar-refractivity contribution >= 4 is 0 Å². The first kappa shape index (κ1) is 14.8. The van der Waals surface area contributed by atoms with Crippen molar-refractivity contribution in [1.29, 1.82) is 0 Å².